The van der Waals surface area contributed by atoms with E-state index in [2.05, 4.69) is 9.88 Å². The molecule has 0 spiro atoms. The van der Waals surface area contributed by atoms with E-state index in [0.717, 1.165) is 40.0 Å². The largest absolute Gasteiger partial charge is 0.318 e. The number of rotatable bonds is 2. The second kappa shape index (κ2) is 5.91. The molecule has 2 heterocycles. The quantitative estimate of drug-likeness (QED) is 0.821. The molecule has 4 nitrogen and oxygen atoms in total. The van der Waals surface area contributed by atoms with Crippen LogP contribution in [0.2, 0.25) is 5.02 Å². The Hall–Kier alpha value is -1.98. The zero-order valence-electron chi connectivity index (χ0n) is 12.9. The lowest BCUT2D eigenvalue weighted by Gasteiger charge is -2.13. The fourth-order valence-electron chi connectivity index (χ4n) is 2.71. The van der Waals surface area contributed by atoms with Crippen LogP contribution >= 0.6 is 23.4 Å². The van der Waals surface area contributed by atoms with E-state index in [9.17, 15) is 9.59 Å². The molecule has 3 rings (SSSR count). The first kappa shape index (κ1) is 15.9. The maximum Gasteiger partial charge on any atom is 0.290 e. The van der Waals surface area contributed by atoms with Gasteiger partial charge in [-0.05, 0) is 67.9 Å². The number of imide groups is 1. The number of hydrogen-bond donors (Lipinski definition) is 1. The van der Waals surface area contributed by atoms with E-state index in [0.29, 0.717) is 9.93 Å². The highest BCUT2D eigenvalue weighted by atomic mass is 35.5. The molecule has 1 aliphatic rings. The van der Waals surface area contributed by atoms with E-state index < -0.39 is 0 Å². The van der Waals surface area contributed by atoms with Crippen molar-refractivity contribution in [2.45, 2.75) is 20.8 Å². The third kappa shape index (κ3) is 2.82. The summed E-state index contributed by atoms with van der Waals surface area (Å²) in [5.74, 6) is -0.344. The van der Waals surface area contributed by atoms with Crippen molar-refractivity contribution in [3.8, 4) is 5.69 Å². The lowest BCUT2D eigenvalue weighted by molar-refractivity contribution is -0.115. The minimum atomic E-state index is -0.344. The molecule has 118 valence electrons. The van der Waals surface area contributed by atoms with Gasteiger partial charge in [-0.15, -0.1) is 0 Å². The van der Waals surface area contributed by atoms with Crippen LogP contribution in [0.1, 0.15) is 22.5 Å². The van der Waals surface area contributed by atoms with Crippen molar-refractivity contribution in [3.63, 3.8) is 0 Å². The number of aryl methyl sites for hydroxylation is 1. The van der Waals surface area contributed by atoms with E-state index in [-0.39, 0.29) is 11.1 Å². The summed E-state index contributed by atoms with van der Waals surface area (Å²) >= 11 is 7.15. The van der Waals surface area contributed by atoms with Gasteiger partial charge >= 0.3 is 0 Å². The Morgan fingerprint density at radius 3 is 2.61 bits per heavy atom. The second-order valence-corrected chi connectivity index (χ2v) is 6.82. The summed E-state index contributed by atoms with van der Waals surface area (Å²) in [4.78, 5) is 23.4. The minimum Gasteiger partial charge on any atom is -0.318 e. The topological polar surface area (TPSA) is 51.1 Å². The maximum absolute atomic E-state index is 11.7. The first-order chi connectivity index (χ1) is 10.9. The monoisotopic (exact) mass is 346 g/mol. The van der Waals surface area contributed by atoms with Crippen LogP contribution in [-0.4, -0.2) is 15.7 Å². The second-order valence-electron chi connectivity index (χ2n) is 5.40. The third-order valence-corrected chi connectivity index (χ3v) is 5.10. The average molecular weight is 347 g/mol. The van der Waals surface area contributed by atoms with Crippen molar-refractivity contribution in [3.05, 3.63) is 56.7 Å². The summed E-state index contributed by atoms with van der Waals surface area (Å²) in [5, 5.41) is 2.65. The summed E-state index contributed by atoms with van der Waals surface area (Å²) in [5.41, 5.74) is 4.95. The zero-order valence-corrected chi connectivity index (χ0v) is 14.5. The van der Waals surface area contributed by atoms with Crippen molar-refractivity contribution in [1.82, 2.24) is 9.88 Å². The fourth-order valence-corrected chi connectivity index (χ4v) is 3.55. The van der Waals surface area contributed by atoms with Gasteiger partial charge in [-0.25, -0.2) is 0 Å². The summed E-state index contributed by atoms with van der Waals surface area (Å²) in [6.07, 6.45) is 1.75. The SMILES string of the molecule is Cc1c(Cl)cccc1-n1c(C)cc(/C=C2\SC(=O)NC2=O)c1C. The van der Waals surface area contributed by atoms with Crippen molar-refractivity contribution in [2.24, 2.45) is 0 Å². The van der Waals surface area contributed by atoms with Gasteiger partial charge in [-0.3, -0.25) is 14.9 Å². The normalized spacial score (nSPS) is 16.3. The number of benzene rings is 1. The Morgan fingerprint density at radius 2 is 1.96 bits per heavy atom. The summed E-state index contributed by atoms with van der Waals surface area (Å²) in [7, 11) is 0. The third-order valence-electron chi connectivity index (χ3n) is 3.88. The number of nitrogens with zero attached hydrogens (tertiary/aromatic N) is 1. The van der Waals surface area contributed by atoms with E-state index in [1.807, 2.05) is 45.0 Å². The lowest BCUT2D eigenvalue weighted by atomic mass is 10.2. The zero-order chi connectivity index (χ0) is 16.7. The molecule has 2 aromatic rings. The van der Waals surface area contributed by atoms with Crippen molar-refractivity contribution in [1.29, 1.82) is 0 Å². The van der Waals surface area contributed by atoms with Gasteiger partial charge in [-0.1, -0.05) is 17.7 Å². The molecule has 0 bridgehead atoms. The molecule has 1 saturated heterocycles. The molecule has 0 atom stereocenters. The smallest absolute Gasteiger partial charge is 0.290 e. The lowest BCUT2D eigenvalue weighted by Crippen LogP contribution is -2.17. The van der Waals surface area contributed by atoms with E-state index >= 15 is 0 Å². The van der Waals surface area contributed by atoms with Crippen LogP contribution in [-0.2, 0) is 4.79 Å². The number of carbonyl (C=O) groups is 2. The van der Waals surface area contributed by atoms with Gasteiger partial charge in [0.15, 0.2) is 0 Å². The van der Waals surface area contributed by atoms with E-state index in [1.165, 1.54) is 0 Å². The van der Waals surface area contributed by atoms with Crippen molar-refractivity contribution < 1.29 is 9.59 Å². The fraction of sp³-hybridized carbons (Fsp3) is 0.176. The number of carbonyl (C=O) groups excluding carboxylic acids is 2. The first-order valence-corrected chi connectivity index (χ1v) is 8.27. The Balaban J connectivity index is 2.11. The van der Waals surface area contributed by atoms with Gasteiger partial charge in [0.05, 0.1) is 4.91 Å². The molecule has 0 aliphatic carbocycles. The number of hydrogen-bond acceptors (Lipinski definition) is 3. The number of aromatic nitrogens is 1. The van der Waals surface area contributed by atoms with Crippen LogP contribution in [0.15, 0.2) is 29.2 Å². The minimum absolute atomic E-state index is 0.333. The highest BCUT2D eigenvalue weighted by Gasteiger charge is 2.25. The summed E-state index contributed by atoms with van der Waals surface area (Å²) < 4.78 is 2.10. The molecule has 0 saturated carbocycles. The van der Waals surface area contributed by atoms with Crippen molar-refractivity contribution in [2.75, 3.05) is 0 Å². The number of nitrogens with one attached hydrogen (secondary N) is 1. The summed E-state index contributed by atoms with van der Waals surface area (Å²) in [6, 6.07) is 7.79. The van der Waals surface area contributed by atoms with Crippen LogP contribution in [0.5, 0.6) is 0 Å². The molecule has 1 aromatic carbocycles. The van der Waals surface area contributed by atoms with Crippen molar-refractivity contribution >= 4 is 40.6 Å². The molecule has 1 aromatic heterocycles. The Kier molecular flexibility index (Phi) is 4.08. The summed E-state index contributed by atoms with van der Waals surface area (Å²) in [6.45, 7) is 5.97. The van der Waals surface area contributed by atoms with Crippen LogP contribution in [0, 0.1) is 20.8 Å². The molecule has 2 amide bonds. The molecule has 0 unspecified atom stereocenters. The number of halogens is 1. The molecular formula is C17H15ClN2O2S. The molecule has 23 heavy (non-hydrogen) atoms. The highest BCUT2D eigenvalue weighted by molar-refractivity contribution is 8.18. The molecule has 1 aliphatic heterocycles. The highest BCUT2D eigenvalue weighted by Crippen LogP contribution is 2.31. The number of thioether (sulfide) groups is 1. The first-order valence-electron chi connectivity index (χ1n) is 7.08. The van der Waals surface area contributed by atoms with E-state index in [4.69, 9.17) is 11.6 Å². The van der Waals surface area contributed by atoms with Crippen LogP contribution in [0.4, 0.5) is 4.79 Å². The van der Waals surface area contributed by atoms with Gasteiger partial charge in [0.1, 0.15) is 0 Å². The predicted molar refractivity (Wildman–Crippen MR) is 94.1 cm³/mol. The predicted octanol–water partition coefficient (Wildman–Crippen LogP) is 4.38. The molecular weight excluding hydrogens is 332 g/mol. The Bertz CT molecular complexity index is 868. The Labute approximate surface area is 143 Å². The molecule has 1 N–H and O–H groups in total. The van der Waals surface area contributed by atoms with E-state index in [1.54, 1.807) is 6.08 Å². The van der Waals surface area contributed by atoms with Gasteiger partial charge in [-0.2, -0.15) is 0 Å². The van der Waals surface area contributed by atoms with Gasteiger partial charge < -0.3 is 4.57 Å². The van der Waals surface area contributed by atoms with Gasteiger partial charge in [0.25, 0.3) is 11.1 Å². The average Bonchev–Trinajstić information content (AvgIpc) is 2.94. The van der Waals surface area contributed by atoms with Gasteiger partial charge in [0, 0.05) is 22.1 Å². The van der Waals surface area contributed by atoms with Gasteiger partial charge in [0.2, 0.25) is 0 Å². The molecule has 6 heteroatoms. The van der Waals surface area contributed by atoms with Crippen LogP contribution < -0.4 is 5.32 Å². The van der Waals surface area contributed by atoms with Crippen LogP contribution in [0.25, 0.3) is 11.8 Å². The van der Waals surface area contributed by atoms with Crippen LogP contribution in [0.3, 0.4) is 0 Å². The molecule has 0 radical (unpaired) electrons. The number of amides is 2. The standard InChI is InChI=1S/C17H15ClN2O2S/c1-9-7-12(8-15-16(21)19-17(22)23-15)11(3)20(9)14-6-4-5-13(18)10(14)2/h4-8H,1-3H3,(H,19,21,22)/b15-8-. The maximum atomic E-state index is 11.7. The molecule has 1 fully saturated rings. The Morgan fingerprint density at radius 1 is 1.22 bits per heavy atom.